The standard InChI is InChI=1S/C11H16/c1-3-10(2)9-11-7-5-4-6-8-11/h4-8,10H,3,9H2,1-2H3/t10-/m0/s1. The van der Waals surface area contributed by atoms with E-state index in [0.717, 1.165) is 5.92 Å². The molecule has 1 aromatic carbocycles. The predicted molar refractivity (Wildman–Crippen MR) is 49.6 cm³/mol. The van der Waals surface area contributed by atoms with Crippen molar-refractivity contribution in [3.8, 4) is 0 Å². The lowest BCUT2D eigenvalue weighted by atomic mass is 9.99. The lowest BCUT2D eigenvalue weighted by molar-refractivity contribution is 0.560. The van der Waals surface area contributed by atoms with E-state index in [0.29, 0.717) is 0 Å². The molecule has 0 amide bonds. The molecule has 0 saturated heterocycles. The van der Waals surface area contributed by atoms with Crippen molar-refractivity contribution in [2.24, 2.45) is 5.92 Å². The normalized spacial score (nSPS) is 12.9. The molecule has 0 unspecified atom stereocenters. The molecular weight excluding hydrogens is 132 g/mol. The van der Waals surface area contributed by atoms with E-state index >= 15 is 0 Å². The van der Waals surface area contributed by atoms with Crippen LogP contribution in [-0.4, -0.2) is 0 Å². The van der Waals surface area contributed by atoms with Gasteiger partial charge in [-0.1, -0.05) is 50.6 Å². The molecule has 1 rings (SSSR count). The minimum absolute atomic E-state index is 0.817. The molecule has 0 bridgehead atoms. The third-order valence-electron chi connectivity index (χ3n) is 2.12. The van der Waals surface area contributed by atoms with Crippen molar-refractivity contribution in [1.29, 1.82) is 0 Å². The number of hydrogen-bond donors (Lipinski definition) is 0. The summed E-state index contributed by atoms with van der Waals surface area (Å²) < 4.78 is 0. The molecule has 0 radical (unpaired) electrons. The van der Waals surface area contributed by atoms with Crippen molar-refractivity contribution in [3.63, 3.8) is 0 Å². The molecule has 0 spiro atoms. The van der Waals surface area contributed by atoms with Gasteiger partial charge in [0.15, 0.2) is 0 Å². The van der Waals surface area contributed by atoms with Crippen LogP contribution >= 0.6 is 0 Å². The monoisotopic (exact) mass is 148 g/mol. The zero-order chi connectivity index (χ0) is 8.10. The number of rotatable bonds is 3. The van der Waals surface area contributed by atoms with Gasteiger partial charge >= 0.3 is 0 Å². The van der Waals surface area contributed by atoms with Gasteiger partial charge in [-0.3, -0.25) is 0 Å². The largest absolute Gasteiger partial charge is 0.0651 e. The van der Waals surface area contributed by atoms with Gasteiger partial charge < -0.3 is 0 Å². The minimum atomic E-state index is 0.817. The Labute approximate surface area is 69.3 Å². The summed E-state index contributed by atoms with van der Waals surface area (Å²) in [6, 6.07) is 10.7. The molecule has 11 heavy (non-hydrogen) atoms. The van der Waals surface area contributed by atoms with E-state index in [-0.39, 0.29) is 0 Å². The fourth-order valence-electron chi connectivity index (χ4n) is 1.16. The molecule has 0 heteroatoms. The smallest absolute Gasteiger partial charge is 0.0253 e. The zero-order valence-electron chi connectivity index (χ0n) is 7.38. The van der Waals surface area contributed by atoms with Crippen LogP contribution < -0.4 is 0 Å². The molecular formula is C11H16. The first-order chi connectivity index (χ1) is 5.33. The fourth-order valence-corrected chi connectivity index (χ4v) is 1.16. The second kappa shape index (κ2) is 4.17. The highest BCUT2D eigenvalue weighted by Gasteiger charge is 1.98. The topological polar surface area (TPSA) is 0 Å². The maximum atomic E-state index is 2.30. The molecule has 0 aliphatic heterocycles. The third kappa shape index (κ3) is 2.75. The van der Waals surface area contributed by atoms with Crippen molar-refractivity contribution in [3.05, 3.63) is 35.9 Å². The second-order valence-electron chi connectivity index (χ2n) is 3.20. The van der Waals surface area contributed by atoms with Crippen LogP contribution in [0, 0.1) is 5.92 Å². The van der Waals surface area contributed by atoms with Crippen LogP contribution in [0.15, 0.2) is 30.3 Å². The van der Waals surface area contributed by atoms with Gasteiger partial charge in [-0.15, -0.1) is 0 Å². The average Bonchev–Trinajstić information content (AvgIpc) is 2.06. The summed E-state index contributed by atoms with van der Waals surface area (Å²) in [5.41, 5.74) is 1.46. The molecule has 0 fully saturated rings. The Bertz CT molecular complexity index is 188. The summed E-state index contributed by atoms with van der Waals surface area (Å²) in [5, 5.41) is 0. The minimum Gasteiger partial charge on any atom is -0.0651 e. The van der Waals surface area contributed by atoms with Crippen molar-refractivity contribution in [2.45, 2.75) is 26.7 Å². The van der Waals surface area contributed by atoms with Crippen LogP contribution in [0.3, 0.4) is 0 Å². The van der Waals surface area contributed by atoms with Crippen molar-refractivity contribution in [1.82, 2.24) is 0 Å². The summed E-state index contributed by atoms with van der Waals surface area (Å²) in [7, 11) is 0. The molecule has 0 aromatic heterocycles. The zero-order valence-corrected chi connectivity index (χ0v) is 7.38. The SMILES string of the molecule is CC[C@H](C)Cc1ccccc1. The van der Waals surface area contributed by atoms with E-state index in [1.807, 2.05) is 0 Å². The van der Waals surface area contributed by atoms with Gasteiger partial charge in [0.2, 0.25) is 0 Å². The highest BCUT2D eigenvalue weighted by atomic mass is 14.0. The molecule has 60 valence electrons. The first-order valence-corrected chi connectivity index (χ1v) is 4.37. The Morgan fingerprint density at radius 2 is 1.82 bits per heavy atom. The van der Waals surface area contributed by atoms with E-state index < -0.39 is 0 Å². The van der Waals surface area contributed by atoms with Crippen molar-refractivity contribution >= 4 is 0 Å². The summed E-state index contributed by atoms with van der Waals surface area (Å²) >= 11 is 0. The van der Waals surface area contributed by atoms with Crippen LogP contribution in [0.4, 0.5) is 0 Å². The van der Waals surface area contributed by atoms with Gasteiger partial charge in [-0.2, -0.15) is 0 Å². The summed E-state index contributed by atoms with van der Waals surface area (Å²) in [5.74, 6) is 0.817. The number of hydrogen-bond acceptors (Lipinski definition) is 0. The van der Waals surface area contributed by atoms with Crippen LogP contribution in [-0.2, 0) is 6.42 Å². The molecule has 0 saturated carbocycles. The predicted octanol–water partition coefficient (Wildman–Crippen LogP) is 3.28. The van der Waals surface area contributed by atoms with Crippen LogP contribution in [0.1, 0.15) is 25.8 Å². The van der Waals surface area contributed by atoms with E-state index in [1.165, 1.54) is 18.4 Å². The lowest BCUT2D eigenvalue weighted by Crippen LogP contribution is -1.96. The van der Waals surface area contributed by atoms with E-state index in [9.17, 15) is 0 Å². The Morgan fingerprint density at radius 1 is 1.18 bits per heavy atom. The Morgan fingerprint density at radius 3 is 2.36 bits per heavy atom. The Balaban J connectivity index is 2.51. The highest BCUT2D eigenvalue weighted by molar-refractivity contribution is 5.14. The molecule has 0 N–H and O–H groups in total. The van der Waals surface area contributed by atoms with Crippen LogP contribution in [0.25, 0.3) is 0 Å². The van der Waals surface area contributed by atoms with Gasteiger partial charge in [0.1, 0.15) is 0 Å². The maximum Gasteiger partial charge on any atom is -0.0253 e. The molecule has 0 nitrogen and oxygen atoms in total. The van der Waals surface area contributed by atoms with Gasteiger partial charge in [0.05, 0.1) is 0 Å². The molecule has 1 aromatic rings. The van der Waals surface area contributed by atoms with Crippen molar-refractivity contribution < 1.29 is 0 Å². The van der Waals surface area contributed by atoms with E-state index in [1.54, 1.807) is 0 Å². The second-order valence-corrected chi connectivity index (χ2v) is 3.20. The van der Waals surface area contributed by atoms with Gasteiger partial charge in [0, 0.05) is 0 Å². The highest BCUT2D eigenvalue weighted by Crippen LogP contribution is 2.10. The van der Waals surface area contributed by atoms with Gasteiger partial charge in [0.25, 0.3) is 0 Å². The van der Waals surface area contributed by atoms with Crippen LogP contribution in [0.5, 0.6) is 0 Å². The first kappa shape index (κ1) is 8.32. The molecule has 0 aliphatic carbocycles. The summed E-state index contributed by atoms with van der Waals surface area (Å²) in [4.78, 5) is 0. The van der Waals surface area contributed by atoms with Gasteiger partial charge in [-0.05, 0) is 17.9 Å². The van der Waals surface area contributed by atoms with Gasteiger partial charge in [-0.25, -0.2) is 0 Å². The average molecular weight is 148 g/mol. The van der Waals surface area contributed by atoms with E-state index in [4.69, 9.17) is 0 Å². The summed E-state index contributed by atoms with van der Waals surface area (Å²) in [6.45, 7) is 4.54. The molecule has 0 heterocycles. The maximum absolute atomic E-state index is 2.30. The summed E-state index contributed by atoms with van der Waals surface area (Å²) in [6.07, 6.45) is 2.49. The number of benzene rings is 1. The van der Waals surface area contributed by atoms with Crippen LogP contribution in [0.2, 0.25) is 0 Å². The quantitative estimate of drug-likeness (QED) is 0.617. The lowest BCUT2D eigenvalue weighted by Gasteiger charge is -2.06. The van der Waals surface area contributed by atoms with Crippen molar-refractivity contribution in [2.75, 3.05) is 0 Å². The first-order valence-electron chi connectivity index (χ1n) is 4.37. The molecule has 1 atom stereocenters. The fraction of sp³-hybridized carbons (Fsp3) is 0.455. The Hall–Kier alpha value is -0.780. The third-order valence-corrected chi connectivity index (χ3v) is 2.12. The van der Waals surface area contributed by atoms with E-state index in [2.05, 4.69) is 44.2 Å². The Kier molecular flexibility index (Phi) is 3.15. The molecule has 0 aliphatic rings.